The van der Waals surface area contributed by atoms with Gasteiger partial charge in [-0.15, -0.1) is 0 Å². The van der Waals surface area contributed by atoms with Crippen molar-refractivity contribution in [2.75, 3.05) is 26.8 Å². The topological polar surface area (TPSA) is 50.4 Å². The average Bonchev–Trinajstić information content (AvgIpc) is 2.49. The molecule has 21 heavy (non-hydrogen) atoms. The van der Waals surface area contributed by atoms with E-state index in [1.165, 1.54) is 5.56 Å². The van der Waals surface area contributed by atoms with E-state index in [0.29, 0.717) is 6.61 Å². The van der Waals surface area contributed by atoms with E-state index in [0.717, 1.165) is 31.5 Å². The fraction of sp³-hybridized carbons (Fsp3) is 0.588. The Morgan fingerprint density at radius 2 is 1.95 bits per heavy atom. The van der Waals surface area contributed by atoms with Crippen molar-refractivity contribution in [1.29, 1.82) is 0 Å². The molecule has 1 saturated heterocycles. The van der Waals surface area contributed by atoms with Crippen LogP contribution in [0.4, 0.5) is 0 Å². The number of carbonyl (C=O) groups excluding carboxylic acids is 1. The maximum absolute atomic E-state index is 12.7. The molecule has 116 valence electrons. The Balaban J connectivity index is 2.05. The molecular weight excluding hydrogens is 264 g/mol. The summed E-state index contributed by atoms with van der Waals surface area (Å²) in [4.78, 5) is 12.7. The van der Waals surface area contributed by atoms with Crippen molar-refractivity contribution in [3.8, 4) is 0 Å². The van der Waals surface area contributed by atoms with Gasteiger partial charge in [-0.25, -0.2) is 0 Å². The molecule has 1 aliphatic rings. The summed E-state index contributed by atoms with van der Waals surface area (Å²) in [7, 11) is 1.67. The Morgan fingerprint density at radius 3 is 2.52 bits per heavy atom. The molecular formula is C17H26N2O2. The summed E-state index contributed by atoms with van der Waals surface area (Å²) in [5, 5.41) is 6.47. The second kappa shape index (κ2) is 7.05. The highest BCUT2D eigenvalue weighted by molar-refractivity contribution is 5.83. The summed E-state index contributed by atoms with van der Waals surface area (Å²) >= 11 is 0. The van der Waals surface area contributed by atoms with Gasteiger partial charge in [0.2, 0.25) is 5.91 Å². The van der Waals surface area contributed by atoms with Crippen LogP contribution in [0.3, 0.4) is 0 Å². The number of nitrogens with one attached hydrogen (secondary N) is 2. The lowest BCUT2D eigenvalue weighted by Gasteiger charge is -2.36. The first-order valence-electron chi connectivity index (χ1n) is 7.64. The zero-order valence-corrected chi connectivity index (χ0v) is 13.2. The molecule has 1 heterocycles. The van der Waals surface area contributed by atoms with E-state index in [1.54, 1.807) is 7.11 Å². The molecule has 0 aromatic heterocycles. The molecule has 1 aromatic carbocycles. The molecule has 4 nitrogen and oxygen atoms in total. The maximum Gasteiger partial charge on any atom is 0.229 e. The number of rotatable bonds is 5. The molecule has 2 rings (SSSR count). The molecule has 2 N–H and O–H groups in total. The predicted octanol–water partition coefficient (Wildman–Crippen LogP) is 2.19. The third-order valence-electron chi connectivity index (χ3n) is 4.39. The summed E-state index contributed by atoms with van der Waals surface area (Å²) in [6.45, 7) is 6.33. The van der Waals surface area contributed by atoms with Crippen molar-refractivity contribution in [3.63, 3.8) is 0 Å². The van der Waals surface area contributed by atoms with Crippen molar-refractivity contribution >= 4 is 5.91 Å². The zero-order valence-electron chi connectivity index (χ0n) is 13.2. The van der Waals surface area contributed by atoms with Crippen molar-refractivity contribution in [2.45, 2.75) is 32.7 Å². The number of amides is 1. The van der Waals surface area contributed by atoms with Crippen molar-refractivity contribution in [3.05, 3.63) is 35.4 Å². The van der Waals surface area contributed by atoms with Crippen LogP contribution < -0.4 is 10.6 Å². The van der Waals surface area contributed by atoms with Gasteiger partial charge in [-0.1, -0.05) is 29.8 Å². The molecule has 1 aliphatic heterocycles. The Morgan fingerprint density at radius 1 is 1.33 bits per heavy atom. The number of hydrogen-bond donors (Lipinski definition) is 2. The molecule has 0 radical (unpaired) electrons. The maximum atomic E-state index is 12.7. The quantitative estimate of drug-likeness (QED) is 0.874. The van der Waals surface area contributed by atoms with E-state index in [1.807, 2.05) is 6.92 Å². The fourth-order valence-electron chi connectivity index (χ4n) is 2.91. The van der Waals surface area contributed by atoms with Gasteiger partial charge in [0, 0.05) is 7.11 Å². The normalized spacial score (nSPS) is 19.0. The fourth-order valence-corrected chi connectivity index (χ4v) is 2.91. The first kappa shape index (κ1) is 16.0. The summed E-state index contributed by atoms with van der Waals surface area (Å²) in [6, 6.07) is 8.32. The molecule has 0 spiro atoms. The second-order valence-electron chi connectivity index (χ2n) is 6.07. The highest BCUT2D eigenvalue weighted by atomic mass is 16.5. The van der Waals surface area contributed by atoms with Crippen LogP contribution in [-0.2, 0) is 9.53 Å². The van der Waals surface area contributed by atoms with Crippen molar-refractivity contribution < 1.29 is 9.53 Å². The van der Waals surface area contributed by atoms with Crippen LogP contribution in [0, 0.1) is 12.3 Å². The molecule has 1 amide bonds. The SMILES string of the molecule is COCC1(C(=O)NC(C)c2ccc(C)cc2)CCNCC1. The summed E-state index contributed by atoms with van der Waals surface area (Å²) < 4.78 is 5.32. The first-order chi connectivity index (χ1) is 10.1. The molecule has 0 bridgehead atoms. The highest BCUT2D eigenvalue weighted by Crippen LogP contribution is 2.30. The lowest BCUT2D eigenvalue weighted by Crippen LogP contribution is -2.50. The van der Waals surface area contributed by atoms with Crippen LogP contribution >= 0.6 is 0 Å². The molecule has 0 aliphatic carbocycles. The van der Waals surface area contributed by atoms with Crippen LogP contribution in [0.25, 0.3) is 0 Å². The van der Waals surface area contributed by atoms with Gasteiger partial charge in [0.1, 0.15) is 0 Å². The molecule has 1 aromatic rings. The molecule has 0 saturated carbocycles. The van der Waals surface area contributed by atoms with E-state index >= 15 is 0 Å². The van der Waals surface area contributed by atoms with E-state index in [-0.39, 0.29) is 17.4 Å². The van der Waals surface area contributed by atoms with Gasteiger partial charge in [0.25, 0.3) is 0 Å². The summed E-state index contributed by atoms with van der Waals surface area (Å²) in [6.07, 6.45) is 1.65. The number of hydrogen-bond acceptors (Lipinski definition) is 3. The number of aryl methyl sites for hydroxylation is 1. The summed E-state index contributed by atoms with van der Waals surface area (Å²) in [5.74, 6) is 0.110. The number of piperidine rings is 1. The lowest BCUT2D eigenvalue weighted by molar-refractivity contribution is -0.136. The highest BCUT2D eigenvalue weighted by Gasteiger charge is 2.40. The van der Waals surface area contributed by atoms with E-state index in [2.05, 4.69) is 41.8 Å². The molecule has 4 heteroatoms. The Labute approximate surface area is 127 Å². The number of ether oxygens (including phenoxy) is 1. The van der Waals surface area contributed by atoms with Crippen LogP contribution in [0.2, 0.25) is 0 Å². The van der Waals surface area contributed by atoms with E-state index < -0.39 is 0 Å². The van der Waals surface area contributed by atoms with Crippen LogP contribution in [0.15, 0.2) is 24.3 Å². The van der Waals surface area contributed by atoms with Gasteiger partial charge >= 0.3 is 0 Å². The third kappa shape index (κ3) is 3.83. The number of benzene rings is 1. The van der Waals surface area contributed by atoms with Gasteiger partial charge < -0.3 is 15.4 Å². The minimum atomic E-state index is -0.390. The zero-order chi connectivity index (χ0) is 15.3. The van der Waals surface area contributed by atoms with Crippen LogP contribution in [0.5, 0.6) is 0 Å². The standard InChI is InChI=1S/C17H26N2O2/c1-13-4-6-15(7-5-13)14(2)19-16(20)17(12-21-3)8-10-18-11-9-17/h4-7,14,18H,8-12H2,1-3H3,(H,19,20). The number of carbonyl (C=O) groups is 1. The predicted molar refractivity (Wildman–Crippen MR) is 84.1 cm³/mol. The average molecular weight is 290 g/mol. The molecule has 1 fully saturated rings. The van der Waals surface area contributed by atoms with Gasteiger partial charge in [-0.2, -0.15) is 0 Å². The van der Waals surface area contributed by atoms with Gasteiger partial charge in [0.15, 0.2) is 0 Å². The van der Waals surface area contributed by atoms with Gasteiger partial charge in [0.05, 0.1) is 18.1 Å². The minimum Gasteiger partial charge on any atom is -0.384 e. The van der Waals surface area contributed by atoms with Gasteiger partial charge in [-0.05, 0) is 45.3 Å². The Bertz CT molecular complexity index is 459. The van der Waals surface area contributed by atoms with Crippen LogP contribution in [-0.4, -0.2) is 32.7 Å². The Hall–Kier alpha value is -1.39. The van der Waals surface area contributed by atoms with Crippen molar-refractivity contribution in [2.24, 2.45) is 5.41 Å². The smallest absolute Gasteiger partial charge is 0.229 e. The van der Waals surface area contributed by atoms with Crippen molar-refractivity contribution in [1.82, 2.24) is 10.6 Å². The monoisotopic (exact) mass is 290 g/mol. The molecule has 1 atom stereocenters. The third-order valence-corrected chi connectivity index (χ3v) is 4.39. The summed E-state index contributed by atoms with van der Waals surface area (Å²) in [5.41, 5.74) is 1.97. The van der Waals surface area contributed by atoms with Crippen LogP contribution in [0.1, 0.15) is 36.9 Å². The lowest BCUT2D eigenvalue weighted by atomic mass is 9.78. The molecule has 1 unspecified atom stereocenters. The second-order valence-corrected chi connectivity index (χ2v) is 6.07. The van der Waals surface area contributed by atoms with Gasteiger partial charge in [-0.3, -0.25) is 4.79 Å². The van der Waals surface area contributed by atoms with E-state index in [9.17, 15) is 4.79 Å². The first-order valence-corrected chi connectivity index (χ1v) is 7.64. The van der Waals surface area contributed by atoms with E-state index in [4.69, 9.17) is 4.74 Å². The largest absolute Gasteiger partial charge is 0.384 e. The Kier molecular flexibility index (Phi) is 5.37. The number of methoxy groups -OCH3 is 1. The minimum absolute atomic E-state index is 0.0155.